The van der Waals surface area contributed by atoms with Crippen LogP contribution in [0.4, 0.5) is 0 Å². The molecule has 1 N–H and O–H groups in total. The molecule has 1 aromatic rings. The summed E-state index contributed by atoms with van der Waals surface area (Å²) < 4.78 is 0. The first-order valence-corrected chi connectivity index (χ1v) is 5.90. The number of hydrogen-bond donors (Lipinski definition) is 1. The molecule has 0 spiro atoms. The van der Waals surface area contributed by atoms with Crippen LogP contribution in [0.15, 0.2) is 24.3 Å². The van der Waals surface area contributed by atoms with E-state index < -0.39 is 5.92 Å². The number of nitrogens with zero attached hydrogens (tertiary/aromatic N) is 1. The molecule has 0 saturated carbocycles. The number of aryl methyl sites for hydroxylation is 1. The number of benzene rings is 1. The van der Waals surface area contributed by atoms with Crippen LogP contribution in [-0.2, 0) is 11.2 Å². The van der Waals surface area contributed by atoms with Crippen molar-refractivity contribution in [2.24, 2.45) is 5.92 Å². The van der Waals surface area contributed by atoms with Gasteiger partial charge in [0.25, 0.3) is 0 Å². The molecule has 0 bridgehead atoms. The van der Waals surface area contributed by atoms with Gasteiger partial charge in [-0.05, 0) is 25.3 Å². The fourth-order valence-corrected chi connectivity index (χ4v) is 1.54. The molecule has 0 aliphatic carbocycles. The van der Waals surface area contributed by atoms with Gasteiger partial charge in [-0.25, -0.2) is 0 Å². The first kappa shape index (κ1) is 13.2. The summed E-state index contributed by atoms with van der Waals surface area (Å²) in [6.07, 6.45) is 1.36. The molecule has 0 aliphatic heterocycles. The highest BCUT2D eigenvalue weighted by atomic mass is 16.1. The molecule has 0 radical (unpaired) electrons. The van der Waals surface area contributed by atoms with E-state index in [-0.39, 0.29) is 5.91 Å². The smallest absolute Gasteiger partial charge is 0.237 e. The summed E-state index contributed by atoms with van der Waals surface area (Å²) in [7, 11) is 0. The quantitative estimate of drug-likeness (QED) is 0.843. The fraction of sp³-hybridized carbons (Fsp3) is 0.429. The van der Waals surface area contributed by atoms with Crippen LogP contribution < -0.4 is 5.32 Å². The van der Waals surface area contributed by atoms with Gasteiger partial charge >= 0.3 is 0 Å². The number of carbonyl (C=O) groups is 1. The largest absolute Gasteiger partial charge is 0.355 e. The van der Waals surface area contributed by atoms with Crippen LogP contribution in [0.2, 0.25) is 0 Å². The standard InChI is InChI=1S/C14H18N2O/c1-3-13(10-15)14(17)16-9-8-12-6-4-11(2)5-7-12/h4-7,13H,3,8-9H2,1-2H3,(H,16,17). The molecule has 90 valence electrons. The van der Waals surface area contributed by atoms with E-state index in [9.17, 15) is 4.79 Å². The second kappa shape index (κ2) is 6.70. The fourth-order valence-electron chi connectivity index (χ4n) is 1.54. The summed E-state index contributed by atoms with van der Waals surface area (Å²) in [5, 5.41) is 11.5. The summed E-state index contributed by atoms with van der Waals surface area (Å²) in [4.78, 5) is 11.5. The number of nitrogens with one attached hydrogen (secondary N) is 1. The summed E-state index contributed by atoms with van der Waals surface area (Å²) >= 11 is 0. The zero-order valence-corrected chi connectivity index (χ0v) is 10.4. The Bertz CT molecular complexity index is 403. The molecule has 1 aromatic carbocycles. The Morgan fingerprint density at radius 1 is 1.41 bits per heavy atom. The number of hydrogen-bond acceptors (Lipinski definition) is 2. The maximum Gasteiger partial charge on any atom is 0.237 e. The van der Waals surface area contributed by atoms with Crippen LogP contribution >= 0.6 is 0 Å². The van der Waals surface area contributed by atoms with Crippen molar-refractivity contribution in [2.45, 2.75) is 26.7 Å². The number of amides is 1. The van der Waals surface area contributed by atoms with E-state index >= 15 is 0 Å². The van der Waals surface area contributed by atoms with Crippen molar-refractivity contribution in [2.75, 3.05) is 6.54 Å². The molecule has 0 aromatic heterocycles. The summed E-state index contributed by atoms with van der Waals surface area (Å²) in [5.41, 5.74) is 2.43. The Labute approximate surface area is 102 Å². The Balaban J connectivity index is 2.35. The number of nitriles is 1. The average molecular weight is 230 g/mol. The molecule has 1 amide bonds. The van der Waals surface area contributed by atoms with Crippen molar-refractivity contribution in [3.05, 3.63) is 35.4 Å². The molecule has 0 fully saturated rings. The molecule has 17 heavy (non-hydrogen) atoms. The SMILES string of the molecule is CCC(C#N)C(=O)NCCc1ccc(C)cc1. The van der Waals surface area contributed by atoms with Crippen LogP contribution in [0.1, 0.15) is 24.5 Å². The average Bonchev–Trinajstić information content (AvgIpc) is 2.33. The summed E-state index contributed by atoms with van der Waals surface area (Å²) in [5.74, 6) is -0.685. The van der Waals surface area contributed by atoms with Gasteiger partial charge in [0.2, 0.25) is 5.91 Å². The zero-order chi connectivity index (χ0) is 12.7. The highest BCUT2D eigenvalue weighted by Crippen LogP contribution is 2.04. The van der Waals surface area contributed by atoms with E-state index in [2.05, 4.69) is 29.6 Å². The van der Waals surface area contributed by atoms with E-state index in [0.29, 0.717) is 13.0 Å². The van der Waals surface area contributed by atoms with Crippen molar-refractivity contribution in [3.63, 3.8) is 0 Å². The zero-order valence-electron chi connectivity index (χ0n) is 10.4. The van der Waals surface area contributed by atoms with Gasteiger partial charge in [-0.2, -0.15) is 5.26 Å². The van der Waals surface area contributed by atoms with Gasteiger partial charge in [-0.3, -0.25) is 4.79 Å². The lowest BCUT2D eigenvalue weighted by molar-refractivity contribution is -0.123. The third kappa shape index (κ3) is 4.28. The van der Waals surface area contributed by atoms with Crippen molar-refractivity contribution in [1.29, 1.82) is 5.26 Å². The van der Waals surface area contributed by atoms with Gasteiger partial charge in [0.15, 0.2) is 0 Å². The van der Waals surface area contributed by atoms with E-state index in [4.69, 9.17) is 5.26 Å². The Morgan fingerprint density at radius 2 is 2.06 bits per heavy atom. The normalized spacial score (nSPS) is 11.6. The Morgan fingerprint density at radius 3 is 2.59 bits per heavy atom. The van der Waals surface area contributed by atoms with E-state index in [1.54, 1.807) is 0 Å². The van der Waals surface area contributed by atoms with Gasteiger partial charge in [-0.1, -0.05) is 36.8 Å². The molecule has 3 heteroatoms. The van der Waals surface area contributed by atoms with Crippen molar-refractivity contribution in [3.8, 4) is 6.07 Å². The molecule has 0 saturated heterocycles. The molecule has 1 atom stereocenters. The highest BCUT2D eigenvalue weighted by molar-refractivity contribution is 5.80. The summed E-state index contributed by atoms with van der Waals surface area (Å²) in [6, 6.07) is 10.2. The Hall–Kier alpha value is -1.82. The maximum absolute atomic E-state index is 11.5. The van der Waals surface area contributed by atoms with Crippen molar-refractivity contribution in [1.82, 2.24) is 5.32 Å². The van der Waals surface area contributed by atoms with Gasteiger partial charge < -0.3 is 5.32 Å². The number of carbonyl (C=O) groups excluding carboxylic acids is 1. The topological polar surface area (TPSA) is 52.9 Å². The van der Waals surface area contributed by atoms with E-state index in [1.807, 2.05) is 19.9 Å². The third-order valence-electron chi connectivity index (χ3n) is 2.71. The van der Waals surface area contributed by atoms with Crippen LogP contribution in [0.5, 0.6) is 0 Å². The second-order valence-corrected chi connectivity index (χ2v) is 4.12. The van der Waals surface area contributed by atoms with Crippen LogP contribution in [0, 0.1) is 24.2 Å². The summed E-state index contributed by atoms with van der Waals surface area (Å²) in [6.45, 7) is 4.47. The lowest BCUT2D eigenvalue weighted by atomic mass is 10.1. The first-order valence-electron chi connectivity index (χ1n) is 5.90. The van der Waals surface area contributed by atoms with Crippen molar-refractivity contribution < 1.29 is 4.79 Å². The van der Waals surface area contributed by atoms with Crippen molar-refractivity contribution >= 4 is 5.91 Å². The molecule has 0 aliphatic rings. The van der Waals surface area contributed by atoms with Crippen LogP contribution in [0.3, 0.4) is 0 Å². The minimum absolute atomic E-state index is 0.165. The first-order chi connectivity index (χ1) is 8.17. The lowest BCUT2D eigenvalue weighted by Gasteiger charge is -2.08. The molecular weight excluding hydrogens is 212 g/mol. The lowest BCUT2D eigenvalue weighted by Crippen LogP contribution is -2.31. The molecular formula is C14H18N2O. The van der Waals surface area contributed by atoms with E-state index in [1.165, 1.54) is 11.1 Å². The molecule has 1 rings (SSSR count). The molecule has 1 unspecified atom stereocenters. The molecule has 3 nitrogen and oxygen atoms in total. The van der Waals surface area contributed by atoms with Gasteiger partial charge in [0.05, 0.1) is 6.07 Å². The minimum Gasteiger partial charge on any atom is -0.355 e. The maximum atomic E-state index is 11.5. The Kier molecular flexibility index (Phi) is 5.22. The predicted octanol–water partition coefficient (Wildman–Crippen LogP) is 2.20. The predicted molar refractivity (Wildman–Crippen MR) is 67.3 cm³/mol. The minimum atomic E-state index is -0.520. The van der Waals surface area contributed by atoms with Crippen LogP contribution in [0.25, 0.3) is 0 Å². The van der Waals surface area contributed by atoms with Gasteiger partial charge in [0, 0.05) is 6.54 Å². The van der Waals surface area contributed by atoms with Crippen LogP contribution in [-0.4, -0.2) is 12.5 Å². The number of rotatable bonds is 5. The molecule has 0 heterocycles. The highest BCUT2D eigenvalue weighted by Gasteiger charge is 2.13. The monoisotopic (exact) mass is 230 g/mol. The van der Waals surface area contributed by atoms with Gasteiger partial charge in [-0.15, -0.1) is 0 Å². The second-order valence-electron chi connectivity index (χ2n) is 4.12. The van der Waals surface area contributed by atoms with Gasteiger partial charge in [0.1, 0.15) is 5.92 Å². The third-order valence-corrected chi connectivity index (χ3v) is 2.71. The van der Waals surface area contributed by atoms with E-state index in [0.717, 1.165) is 6.42 Å².